The molecule has 0 saturated heterocycles. The van der Waals surface area contributed by atoms with E-state index in [1.807, 2.05) is 11.4 Å². The summed E-state index contributed by atoms with van der Waals surface area (Å²) in [4.78, 5) is 9.11. The third kappa shape index (κ3) is 2.56. The van der Waals surface area contributed by atoms with Crippen LogP contribution in [-0.4, -0.2) is 9.97 Å². The van der Waals surface area contributed by atoms with Crippen LogP contribution in [0.15, 0.2) is 34.1 Å². The van der Waals surface area contributed by atoms with Crippen molar-refractivity contribution in [1.82, 2.24) is 9.97 Å². The molecule has 7 heteroatoms. The summed E-state index contributed by atoms with van der Waals surface area (Å²) in [6.07, 6.45) is 0. The zero-order valence-electron chi connectivity index (χ0n) is 9.32. The number of anilines is 2. The maximum Gasteiger partial charge on any atom is 0.225 e. The van der Waals surface area contributed by atoms with Gasteiger partial charge in [0.25, 0.3) is 0 Å². The predicted molar refractivity (Wildman–Crippen MR) is 79.8 cm³/mol. The van der Waals surface area contributed by atoms with Gasteiger partial charge in [-0.2, -0.15) is 4.98 Å². The average molecular weight is 359 g/mol. The van der Waals surface area contributed by atoms with Gasteiger partial charge in [0.15, 0.2) is 0 Å². The molecule has 1 aromatic carbocycles. The normalized spacial score (nSPS) is 10.9. The van der Waals surface area contributed by atoms with Gasteiger partial charge in [-0.3, -0.25) is 0 Å². The summed E-state index contributed by atoms with van der Waals surface area (Å²) in [6.45, 7) is 0. The van der Waals surface area contributed by atoms with Crippen molar-refractivity contribution in [3.8, 4) is 0 Å². The van der Waals surface area contributed by atoms with Gasteiger partial charge in [-0.25, -0.2) is 9.37 Å². The van der Waals surface area contributed by atoms with E-state index in [9.17, 15) is 4.39 Å². The van der Waals surface area contributed by atoms with Crippen LogP contribution in [0.4, 0.5) is 15.9 Å². The molecule has 0 bridgehead atoms. The van der Waals surface area contributed by atoms with E-state index >= 15 is 0 Å². The lowest BCUT2D eigenvalue weighted by Crippen LogP contribution is -1.97. The van der Waals surface area contributed by atoms with Crippen molar-refractivity contribution >= 4 is 60.6 Å². The van der Waals surface area contributed by atoms with Crippen LogP contribution < -0.4 is 5.32 Å². The Morgan fingerprint density at radius 1 is 1.26 bits per heavy atom. The van der Waals surface area contributed by atoms with Gasteiger partial charge in [-0.1, -0.05) is 0 Å². The van der Waals surface area contributed by atoms with Crippen molar-refractivity contribution in [1.29, 1.82) is 0 Å². The van der Waals surface area contributed by atoms with Crippen LogP contribution in [0.25, 0.3) is 10.2 Å². The molecule has 3 aromatic rings. The fraction of sp³-hybridized carbons (Fsp3) is 0. The molecule has 2 heterocycles. The van der Waals surface area contributed by atoms with Gasteiger partial charge in [0, 0.05) is 4.47 Å². The molecule has 0 aliphatic carbocycles. The van der Waals surface area contributed by atoms with Crippen LogP contribution in [0.2, 0.25) is 5.28 Å². The Morgan fingerprint density at radius 2 is 2.11 bits per heavy atom. The molecule has 0 unspecified atom stereocenters. The molecule has 0 amide bonds. The number of thiophene rings is 1. The van der Waals surface area contributed by atoms with Crippen molar-refractivity contribution in [3.63, 3.8) is 0 Å². The molecule has 3 rings (SSSR count). The molecule has 0 spiro atoms. The summed E-state index contributed by atoms with van der Waals surface area (Å²) in [6, 6.07) is 6.31. The van der Waals surface area contributed by atoms with Gasteiger partial charge in [-0.15, -0.1) is 11.3 Å². The van der Waals surface area contributed by atoms with E-state index in [0.717, 1.165) is 10.2 Å². The number of fused-ring (bicyclic) bond motifs is 1. The van der Waals surface area contributed by atoms with Crippen LogP contribution in [0.5, 0.6) is 0 Å². The SMILES string of the molecule is Fc1ccc(Nc2nc(Cl)nc3sccc23)c(Br)c1. The number of halogens is 3. The number of benzene rings is 1. The number of hydrogen-bond acceptors (Lipinski definition) is 4. The molecule has 0 fully saturated rings. The highest BCUT2D eigenvalue weighted by atomic mass is 79.9. The maximum atomic E-state index is 13.1. The monoisotopic (exact) mass is 357 g/mol. The zero-order valence-corrected chi connectivity index (χ0v) is 12.5. The summed E-state index contributed by atoms with van der Waals surface area (Å²) >= 11 is 10.7. The number of hydrogen-bond donors (Lipinski definition) is 1. The molecule has 0 radical (unpaired) electrons. The quantitative estimate of drug-likeness (QED) is 0.656. The van der Waals surface area contributed by atoms with Gasteiger partial charge in [0.1, 0.15) is 16.5 Å². The first kappa shape index (κ1) is 12.8. The highest BCUT2D eigenvalue weighted by molar-refractivity contribution is 9.10. The van der Waals surface area contributed by atoms with Crippen LogP contribution >= 0.6 is 38.9 Å². The lowest BCUT2D eigenvalue weighted by atomic mass is 10.3. The standard InChI is InChI=1S/C12H6BrClFN3S/c13-8-5-6(15)1-2-9(8)16-10-7-3-4-19-11(7)18-12(14)17-10/h1-5H,(H,16,17,18). The second-order valence-corrected chi connectivity index (χ2v) is 5.82. The second kappa shape index (κ2) is 5.03. The van der Waals surface area contributed by atoms with E-state index in [1.165, 1.54) is 23.5 Å². The minimum Gasteiger partial charge on any atom is -0.339 e. The largest absolute Gasteiger partial charge is 0.339 e. The summed E-state index contributed by atoms with van der Waals surface area (Å²) in [5.41, 5.74) is 0.712. The molecular weight excluding hydrogens is 353 g/mol. The molecule has 0 saturated carbocycles. The fourth-order valence-corrected chi connectivity index (χ4v) is 3.08. The predicted octanol–water partition coefficient (Wildman–Crippen LogP) is 4.99. The summed E-state index contributed by atoms with van der Waals surface area (Å²) in [7, 11) is 0. The maximum absolute atomic E-state index is 13.1. The minimum absolute atomic E-state index is 0.177. The first-order chi connectivity index (χ1) is 9.13. The van der Waals surface area contributed by atoms with E-state index < -0.39 is 0 Å². The number of nitrogens with zero attached hydrogens (tertiary/aromatic N) is 2. The molecule has 1 N–H and O–H groups in total. The molecule has 2 aromatic heterocycles. The molecule has 0 aliphatic rings. The molecule has 96 valence electrons. The Bertz CT molecular complexity index is 762. The average Bonchev–Trinajstić information content (AvgIpc) is 2.80. The van der Waals surface area contributed by atoms with Gasteiger partial charge in [0.05, 0.1) is 11.1 Å². The van der Waals surface area contributed by atoms with Crippen molar-refractivity contribution in [3.05, 3.63) is 45.2 Å². The highest BCUT2D eigenvalue weighted by Crippen LogP contribution is 2.31. The van der Waals surface area contributed by atoms with Gasteiger partial charge >= 0.3 is 0 Å². The van der Waals surface area contributed by atoms with Crippen molar-refractivity contribution in [2.75, 3.05) is 5.32 Å². The fourth-order valence-electron chi connectivity index (χ4n) is 1.64. The first-order valence-corrected chi connectivity index (χ1v) is 7.31. The van der Waals surface area contributed by atoms with E-state index in [1.54, 1.807) is 6.07 Å². The van der Waals surface area contributed by atoms with E-state index in [0.29, 0.717) is 16.0 Å². The molecular formula is C12H6BrClFN3S. The number of rotatable bonds is 2. The van der Waals surface area contributed by atoms with Gasteiger partial charge < -0.3 is 5.32 Å². The van der Waals surface area contributed by atoms with E-state index in [4.69, 9.17) is 11.6 Å². The van der Waals surface area contributed by atoms with E-state index in [-0.39, 0.29) is 11.1 Å². The first-order valence-electron chi connectivity index (χ1n) is 5.26. The Balaban J connectivity index is 2.07. The second-order valence-electron chi connectivity index (χ2n) is 3.73. The third-order valence-electron chi connectivity index (χ3n) is 2.48. The number of aromatic nitrogens is 2. The Labute approximate surface area is 125 Å². The van der Waals surface area contributed by atoms with Crippen molar-refractivity contribution < 1.29 is 4.39 Å². The van der Waals surface area contributed by atoms with Gasteiger partial charge in [0.2, 0.25) is 5.28 Å². The van der Waals surface area contributed by atoms with Crippen LogP contribution in [0.1, 0.15) is 0 Å². The summed E-state index contributed by atoms with van der Waals surface area (Å²) in [5, 5.41) is 6.10. The topological polar surface area (TPSA) is 37.8 Å². The molecule has 19 heavy (non-hydrogen) atoms. The lowest BCUT2D eigenvalue weighted by molar-refractivity contribution is 0.627. The lowest BCUT2D eigenvalue weighted by Gasteiger charge is -2.09. The Morgan fingerprint density at radius 3 is 2.89 bits per heavy atom. The zero-order chi connectivity index (χ0) is 13.4. The molecule has 0 atom stereocenters. The molecule has 0 aliphatic heterocycles. The smallest absolute Gasteiger partial charge is 0.225 e. The van der Waals surface area contributed by atoms with Crippen molar-refractivity contribution in [2.24, 2.45) is 0 Å². The van der Waals surface area contributed by atoms with E-state index in [2.05, 4.69) is 31.2 Å². The Hall–Kier alpha value is -1.24. The summed E-state index contributed by atoms with van der Waals surface area (Å²) < 4.78 is 13.7. The molecule has 3 nitrogen and oxygen atoms in total. The summed E-state index contributed by atoms with van der Waals surface area (Å²) in [5.74, 6) is 0.294. The van der Waals surface area contributed by atoms with Crippen LogP contribution in [0.3, 0.4) is 0 Å². The van der Waals surface area contributed by atoms with Crippen LogP contribution in [0, 0.1) is 5.82 Å². The minimum atomic E-state index is -0.307. The number of nitrogens with one attached hydrogen (secondary N) is 1. The van der Waals surface area contributed by atoms with Crippen LogP contribution in [-0.2, 0) is 0 Å². The van der Waals surface area contributed by atoms with Crippen molar-refractivity contribution in [2.45, 2.75) is 0 Å². The highest BCUT2D eigenvalue weighted by Gasteiger charge is 2.09. The Kier molecular flexibility index (Phi) is 3.38. The van der Waals surface area contributed by atoms with Gasteiger partial charge in [-0.05, 0) is 57.2 Å². The third-order valence-corrected chi connectivity index (χ3v) is 4.11.